The van der Waals surface area contributed by atoms with E-state index < -0.39 is 0 Å². The highest BCUT2D eigenvalue weighted by molar-refractivity contribution is 9.08. The predicted molar refractivity (Wildman–Crippen MR) is 81.8 cm³/mol. The van der Waals surface area contributed by atoms with Crippen LogP contribution in [0.2, 0.25) is 0 Å². The summed E-state index contributed by atoms with van der Waals surface area (Å²) >= 11 is 3.33. The molecule has 0 unspecified atom stereocenters. The highest BCUT2D eigenvalue weighted by atomic mass is 79.9. The van der Waals surface area contributed by atoms with Crippen molar-refractivity contribution in [3.05, 3.63) is 64.5 Å². The smallest absolute Gasteiger partial charge is 0.127 e. The normalized spacial score (nSPS) is 13.3. The van der Waals surface area contributed by atoms with Crippen LogP contribution in [0.15, 0.2) is 36.4 Å². The molecule has 0 saturated heterocycles. The average Bonchev–Trinajstić information content (AvgIpc) is 2.92. The van der Waals surface area contributed by atoms with E-state index in [9.17, 15) is 4.39 Å². The summed E-state index contributed by atoms with van der Waals surface area (Å²) in [4.78, 5) is 0. The third kappa shape index (κ3) is 3.04. The fourth-order valence-corrected chi connectivity index (χ4v) is 2.99. The molecule has 0 spiro atoms. The molecule has 3 rings (SSSR count). The molecule has 0 aromatic heterocycles. The molecule has 104 valence electrons. The second kappa shape index (κ2) is 5.96. The van der Waals surface area contributed by atoms with Crippen LogP contribution in [-0.4, -0.2) is 0 Å². The van der Waals surface area contributed by atoms with E-state index in [2.05, 4.69) is 34.1 Å². The Morgan fingerprint density at radius 2 is 1.85 bits per heavy atom. The van der Waals surface area contributed by atoms with E-state index in [1.165, 1.54) is 36.1 Å². The summed E-state index contributed by atoms with van der Waals surface area (Å²) in [5.74, 6) is 0.325. The van der Waals surface area contributed by atoms with Gasteiger partial charge in [0, 0.05) is 11.4 Å². The molecule has 0 heterocycles. The Labute approximate surface area is 126 Å². The summed E-state index contributed by atoms with van der Waals surface area (Å²) in [5, 5.41) is 0.625. The molecule has 20 heavy (non-hydrogen) atoms. The number of fused-ring (bicyclic) bond motifs is 1. The van der Waals surface area contributed by atoms with E-state index in [1.54, 1.807) is 0 Å². The van der Waals surface area contributed by atoms with Crippen molar-refractivity contribution < 1.29 is 9.13 Å². The second-order valence-electron chi connectivity index (χ2n) is 5.17. The van der Waals surface area contributed by atoms with Crippen LogP contribution in [0.25, 0.3) is 0 Å². The van der Waals surface area contributed by atoms with Crippen LogP contribution in [0.1, 0.15) is 28.7 Å². The van der Waals surface area contributed by atoms with Crippen molar-refractivity contribution in [1.82, 2.24) is 0 Å². The Kier molecular flexibility index (Phi) is 4.06. The lowest BCUT2D eigenvalue weighted by molar-refractivity contribution is 0.304. The molecule has 0 N–H and O–H groups in total. The number of benzene rings is 2. The molecule has 3 heteroatoms. The first kappa shape index (κ1) is 13.6. The van der Waals surface area contributed by atoms with E-state index in [0.717, 1.165) is 17.5 Å². The van der Waals surface area contributed by atoms with Gasteiger partial charge in [0.25, 0.3) is 0 Å². The Bertz CT molecular complexity index is 624. The van der Waals surface area contributed by atoms with Crippen LogP contribution in [0.5, 0.6) is 5.75 Å². The SMILES string of the molecule is Fc1cc(CBr)cc(OCc2ccc3c(c2)CCC3)c1. The first-order valence-corrected chi connectivity index (χ1v) is 7.95. The van der Waals surface area contributed by atoms with Gasteiger partial charge in [-0.25, -0.2) is 4.39 Å². The zero-order valence-corrected chi connectivity index (χ0v) is 12.7. The van der Waals surface area contributed by atoms with Gasteiger partial charge in [-0.05, 0) is 53.6 Å². The van der Waals surface area contributed by atoms with Gasteiger partial charge in [0.2, 0.25) is 0 Å². The van der Waals surface area contributed by atoms with Crippen molar-refractivity contribution in [3.63, 3.8) is 0 Å². The number of alkyl halides is 1. The fourth-order valence-electron chi connectivity index (χ4n) is 2.66. The highest BCUT2D eigenvalue weighted by Crippen LogP contribution is 2.24. The van der Waals surface area contributed by atoms with Crippen molar-refractivity contribution in [2.75, 3.05) is 0 Å². The third-order valence-electron chi connectivity index (χ3n) is 3.65. The summed E-state index contributed by atoms with van der Waals surface area (Å²) in [6, 6.07) is 11.3. The minimum Gasteiger partial charge on any atom is -0.489 e. The molecule has 0 amide bonds. The molecule has 0 aliphatic heterocycles. The second-order valence-corrected chi connectivity index (χ2v) is 5.73. The summed E-state index contributed by atoms with van der Waals surface area (Å²) in [5.41, 5.74) is 4.93. The maximum Gasteiger partial charge on any atom is 0.127 e. The lowest BCUT2D eigenvalue weighted by atomic mass is 10.1. The van der Waals surface area contributed by atoms with E-state index in [-0.39, 0.29) is 5.82 Å². The molecule has 0 atom stereocenters. The van der Waals surface area contributed by atoms with Crippen molar-refractivity contribution in [2.24, 2.45) is 0 Å². The minimum absolute atomic E-state index is 0.258. The van der Waals surface area contributed by atoms with Gasteiger partial charge in [0.15, 0.2) is 0 Å². The minimum atomic E-state index is -0.258. The summed E-state index contributed by atoms with van der Waals surface area (Å²) < 4.78 is 19.1. The first-order chi connectivity index (χ1) is 9.74. The molecule has 1 aliphatic carbocycles. The summed E-state index contributed by atoms with van der Waals surface area (Å²) in [6.07, 6.45) is 3.60. The van der Waals surface area contributed by atoms with Crippen LogP contribution in [0.3, 0.4) is 0 Å². The van der Waals surface area contributed by atoms with Crippen molar-refractivity contribution in [1.29, 1.82) is 0 Å². The van der Waals surface area contributed by atoms with Gasteiger partial charge in [-0.15, -0.1) is 0 Å². The fraction of sp³-hybridized carbons (Fsp3) is 0.294. The lowest BCUT2D eigenvalue weighted by Crippen LogP contribution is -1.98. The van der Waals surface area contributed by atoms with Crippen molar-refractivity contribution >= 4 is 15.9 Å². The Morgan fingerprint density at radius 1 is 1.00 bits per heavy atom. The van der Waals surface area contributed by atoms with E-state index >= 15 is 0 Å². The predicted octanol–water partition coefficient (Wildman–Crippen LogP) is 4.79. The Hall–Kier alpha value is -1.35. The van der Waals surface area contributed by atoms with E-state index in [1.807, 2.05) is 6.07 Å². The number of hydrogen-bond donors (Lipinski definition) is 0. The molecule has 1 nitrogen and oxygen atoms in total. The van der Waals surface area contributed by atoms with Crippen LogP contribution in [0, 0.1) is 5.82 Å². The van der Waals surface area contributed by atoms with Crippen molar-refractivity contribution in [2.45, 2.75) is 31.2 Å². The van der Waals surface area contributed by atoms with Gasteiger partial charge >= 0.3 is 0 Å². The number of rotatable bonds is 4. The van der Waals surface area contributed by atoms with E-state index in [0.29, 0.717) is 17.7 Å². The monoisotopic (exact) mass is 334 g/mol. The number of halogens is 2. The molecule has 0 bridgehead atoms. The lowest BCUT2D eigenvalue weighted by Gasteiger charge is -2.09. The molecule has 0 radical (unpaired) electrons. The Balaban J connectivity index is 1.71. The summed E-state index contributed by atoms with van der Waals surface area (Å²) in [7, 11) is 0. The quantitative estimate of drug-likeness (QED) is 0.730. The maximum atomic E-state index is 13.4. The molecular formula is C17H16BrFO. The zero-order chi connectivity index (χ0) is 13.9. The molecule has 2 aromatic carbocycles. The van der Waals surface area contributed by atoms with Gasteiger partial charge in [0.05, 0.1) is 0 Å². The molecule has 1 aliphatic rings. The zero-order valence-electron chi connectivity index (χ0n) is 11.2. The average molecular weight is 335 g/mol. The molecular weight excluding hydrogens is 319 g/mol. The van der Waals surface area contributed by atoms with E-state index in [4.69, 9.17) is 4.74 Å². The van der Waals surface area contributed by atoms with Gasteiger partial charge < -0.3 is 4.74 Å². The largest absolute Gasteiger partial charge is 0.489 e. The Morgan fingerprint density at radius 3 is 2.70 bits per heavy atom. The van der Waals surface area contributed by atoms with Gasteiger partial charge in [-0.1, -0.05) is 34.1 Å². The molecule has 2 aromatic rings. The van der Waals surface area contributed by atoms with Gasteiger partial charge in [0.1, 0.15) is 18.2 Å². The number of aryl methyl sites for hydroxylation is 2. The summed E-state index contributed by atoms with van der Waals surface area (Å²) in [6.45, 7) is 0.485. The van der Waals surface area contributed by atoms with Gasteiger partial charge in [-0.2, -0.15) is 0 Å². The standard InChI is InChI=1S/C17H16BrFO/c18-10-13-7-16(19)9-17(8-13)20-11-12-4-5-14-2-1-3-15(14)6-12/h4-9H,1-3,10-11H2. The van der Waals surface area contributed by atoms with Crippen LogP contribution < -0.4 is 4.74 Å². The van der Waals surface area contributed by atoms with Gasteiger partial charge in [-0.3, -0.25) is 0 Å². The van der Waals surface area contributed by atoms with Crippen LogP contribution in [0.4, 0.5) is 4.39 Å². The number of ether oxygens (including phenoxy) is 1. The first-order valence-electron chi connectivity index (χ1n) is 6.83. The van der Waals surface area contributed by atoms with Crippen molar-refractivity contribution in [3.8, 4) is 5.75 Å². The molecule has 0 fully saturated rings. The van der Waals surface area contributed by atoms with Crippen LogP contribution in [-0.2, 0) is 24.8 Å². The molecule has 0 saturated carbocycles. The topological polar surface area (TPSA) is 9.23 Å². The maximum absolute atomic E-state index is 13.4. The number of hydrogen-bond acceptors (Lipinski definition) is 1. The third-order valence-corrected chi connectivity index (χ3v) is 4.30. The highest BCUT2D eigenvalue weighted by Gasteiger charge is 2.11. The van der Waals surface area contributed by atoms with Crippen LogP contribution >= 0.6 is 15.9 Å².